The van der Waals surface area contributed by atoms with Crippen LogP contribution in [-0.2, 0) is 16.0 Å². The number of aryl methyl sites for hydroxylation is 1. The lowest BCUT2D eigenvalue weighted by molar-refractivity contribution is -0.908. The fraction of sp³-hybridized carbons (Fsp3) is 0.474. The largest absolute Gasteiger partial charge is 0.463 e. The summed E-state index contributed by atoms with van der Waals surface area (Å²) >= 11 is 0. The smallest absolute Gasteiger partial charge is 0.337 e. The molecule has 1 aromatic rings. The molecule has 2 atom stereocenters. The highest BCUT2D eigenvalue weighted by molar-refractivity contribution is 5.93. The molecule has 1 heterocycles. The standard InChI is InChI=1S/C19H25N3O3/c1-3-25-18(23)15-11-20-19(24)21-16(15)12-22(2)17-10-6-8-13-7-4-5-9-14(13)17/h4-5,7,9,17H,3,6,8,10-12H2,1-2H3,(H2,20,21,24)/p+1/t17-/m0/s1. The van der Waals surface area contributed by atoms with E-state index in [1.807, 2.05) is 0 Å². The highest BCUT2D eigenvalue weighted by Crippen LogP contribution is 2.27. The highest BCUT2D eigenvalue weighted by Gasteiger charge is 2.30. The number of ether oxygens (including phenoxy) is 1. The number of esters is 1. The van der Waals surface area contributed by atoms with Gasteiger partial charge in [-0.05, 0) is 25.3 Å². The van der Waals surface area contributed by atoms with Crippen LogP contribution in [0.15, 0.2) is 35.5 Å². The van der Waals surface area contributed by atoms with Crippen molar-refractivity contribution in [1.82, 2.24) is 10.6 Å². The van der Waals surface area contributed by atoms with Crippen molar-refractivity contribution in [2.75, 3.05) is 26.7 Å². The predicted octanol–water partition coefficient (Wildman–Crippen LogP) is 0.709. The van der Waals surface area contributed by atoms with Gasteiger partial charge in [-0.1, -0.05) is 24.3 Å². The number of hydrogen-bond acceptors (Lipinski definition) is 3. The molecule has 0 saturated heterocycles. The molecule has 25 heavy (non-hydrogen) atoms. The fourth-order valence-corrected chi connectivity index (χ4v) is 3.76. The van der Waals surface area contributed by atoms with Crippen LogP contribution in [0.1, 0.15) is 36.9 Å². The Morgan fingerprint density at radius 2 is 2.16 bits per heavy atom. The van der Waals surface area contributed by atoms with Crippen LogP contribution in [0.3, 0.4) is 0 Å². The van der Waals surface area contributed by atoms with Gasteiger partial charge in [0.25, 0.3) is 0 Å². The maximum atomic E-state index is 12.2. The van der Waals surface area contributed by atoms with Crippen LogP contribution in [0.2, 0.25) is 0 Å². The minimum atomic E-state index is -0.359. The molecule has 134 valence electrons. The molecule has 1 aliphatic heterocycles. The quantitative estimate of drug-likeness (QED) is 0.689. The SMILES string of the molecule is CCOC(=O)C1=C(C[NH+](C)[C@H]2CCCc3ccccc32)NC(=O)NC1. The summed E-state index contributed by atoms with van der Waals surface area (Å²) in [6.07, 6.45) is 3.39. The average Bonchev–Trinajstić information content (AvgIpc) is 2.61. The third kappa shape index (κ3) is 3.85. The van der Waals surface area contributed by atoms with Gasteiger partial charge in [-0.3, -0.25) is 0 Å². The number of likely N-dealkylation sites (N-methyl/N-ethyl adjacent to an activating group) is 1. The zero-order valence-corrected chi connectivity index (χ0v) is 14.9. The highest BCUT2D eigenvalue weighted by atomic mass is 16.5. The van der Waals surface area contributed by atoms with E-state index in [0.717, 1.165) is 19.3 Å². The number of nitrogens with one attached hydrogen (secondary N) is 3. The average molecular weight is 344 g/mol. The van der Waals surface area contributed by atoms with Gasteiger partial charge >= 0.3 is 12.0 Å². The number of benzene rings is 1. The van der Waals surface area contributed by atoms with Crippen molar-refractivity contribution in [3.63, 3.8) is 0 Å². The first-order chi connectivity index (χ1) is 12.1. The lowest BCUT2D eigenvalue weighted by atomic mass is 9.87. The summed E-state index contributed by atoms with van der Waals surface area (Å²) in [7, 11) is 2.12. The summed E-state index contributed by atoms with van der Waals surface area (Å²) in [5, 5.41) is 5.46. The van der Waals surface area contributed by atoms with E-state index in [4.69, 9.17) is 4.74 Å². The van der Waals surface area contributed by atoms with Gasteiger partial charge in [0.05, 0.1) is 31.5 Å². The van der Waals surface area contributed by atoms with Crippen molar-refractivity contribution in [2.45, 2.75) is 32.2 Å². The molecule has 1 aliphatic carbocycles. The molecule has 0 aromatic heterocycles. The van der Waals surface area contributed by atoms with Crippen LogP contribution in [0.25, 0.3) is 0 Å². The molecule has 0 bridgehead atoms. The Labute approximate surface area is 148 Å². The molecule has 0 spiro atoms. The third-order valence-electron chi connectivity index (χ3n) is 5.00. The zero-order valence-electron chi connectivity index (χ0n) is 14.9. The Bertz CT molecular complexity index is 699. The first-order valence-corrected chi connectivity index (χ1v) is 8.94. The number of quaternary nitrogens is 1. The van der Waals surface area contributed by atoms with E-state index in [9.17, 15) is 9.59 Å². The summed E-state index contributed by atoms with van der Waals surface area (Å²) < 4.78 is 5.13. The van der Waals surface area contributed by atoms with E-state index >= 15 is 0 Å². The number of carbonyl (C=O) groups excluding carboxylic acids is 2. The molecule has 0 radical (unpaired) electrons. The number of hydrogen-bond donors (Lipinski definition) is 3. The van der Waals surface area contributed by atoms with Crippen molar-refractivity contribution in [1.29, 1.82) is 0 Å². The molecule has 2 amide bonds. The van der Waals surface area contributed by atoms with Gasteiger partial charge in [-0.2, -0.15) is 0 Å². The van der Waals surface area contributed by atoms with E-state index in [1.165, 1.54) is 16.0 Å². The number of amides is 2. The Kier molecular flexibility index (Phi) is 5.38. The molecule has 3 N–H and O–H groups in total. The molecule has 1 aromatic carbocycles. The van der Waals surface area contributed by atoms with Crippen molar-refractivity contribution in [3.8, 4) is 0 Å². The maximum absolute atomic E-state index is 12.2. The van der Waals surface area contributed by atoms with E-state index in [2.05, 4.69) is 41.9 Å². The van der Waals surface area contributed by atoms with Gasteiger partial charge in [-0.25, -0.2) is 9.59 Å². The number of rotatable bonds is 5. The summed E-state index contributed by atoms with van der Waals surface area (Å²) in [5.41, 5.74) is 3.98. The van der Waals surface area contributed by atoms with Crippen LogP contribution in [0.4, 0.5) is 4.79 Å². The summed E-state index contributed by atoms with van der Waals surface area (Å²) in [5.74, 6) is -0.359. The summed E-state index contributed by atoms with van der Waals surface area (Å²) in [4.78, 5) is 25.2. The van der Waals surface area contributed by atoms with Gasteiger partial charge in [-0.15, -0.1) is 0 Å². The van der Waals surface area contributed by atoms with Crippen LogP contribution >= 0.6 is 0 Å². The van der Waals surface area contributed by atoms with Crippen molar-refractivity contribution >= 4 is 12.0 Å². The molecule has 6 nitrogen and oxygen atoms in total. The number of urea groups is 1. The van der Waals surface area contributed by atoms with E-state index in [1.54, 1.807) is 6.92 Å². The van der Waals surface area contributed by atoms with Gasteiger partial charge in [0.15, 0.2) is 0 Å². The minimum absolute atomic E-state index is 0.217. The topological polar surface area (TPSA) is 71.9 Å². The van der Waals surface area contributed by atoms with Crippen molar-refractivity contribution < 1.29 is 19.2 Å². The molecular weight excluding hydrogens is 318 g/mol. The fourth-order valence-electron chi connectivity index (χ4n) is 3.76. The van der Waals surface area contributed by atoms with Crippen LogP contribution in [-0.4, -0.2) is 38.7 Å². The molecule has 1 unspecified atom stereocenters. The molecule has 3 rings (SSSR count). The zero-order chi connectivity index (χ0) is 17.8. The molecule has 2 aliphatic rings. The summed E-state index contributed by atoms with van der Waals surface area (Å²) in [6.45, 7) is 2.90. The number of fused-ring (bicyclic) bond motifs is 1. The second kappa shape index (κ2) is 7.70. The van der Waals surface area contributed by atoms with E-state index < -0.39 is 0 Å². The van der Waals surface area contributed by atoms with Gasteiger partial charge < -0.3 is 20.3 Å². The Morgan fingerprint density at radius 1 is 1.36 bits per heavy atom. The summed E-state index contributed by atoms with van der Waals surface area (Å²) in [6, 6.07) is 8.67. The monoisotopic (exact) mass is 344 g/mol. The van der Waals surface area contributed by atoms with Crippen molar-refractivity contribution in [3.05, 3.63) is 46.7 Å². The maximum Gasteiger partial charge on any atom is 0.337 e. The van der Waals surface area contributed by atoms with E-state index in [-0.39, 0.29) is 18.5 Å². The first kappa shape index (κ1) is 17.5. The molecule has 0 saturated carbocycles. The van der Waals surface area contributed by atoms with Crippen LogP contribution in [0, 0.1) is 0 Å². The van der Waals surface area contributed by atoms with E-state index in [0.29, 0.717) is 30.5 Å². The third-order valence-corrected chi connectivity index (χ3v) is 5.00. The minimum Gasteiger partial charge on any atom is -0.463 e. The second-order valence-corrected chi connectivity index (χ2v) is 6.65. The molecule has 0 fully saturated rings. The molecule has 6 heteroatoms. The predicted molar refractivity (Wildman–Crippen MR) is 94.1 cm³/mol. The first-order valence-electron chi connectivity index (χ1n) is 8.94. The normalized spacial score (nSPS) is 21.0. The second-order valence-electron chi connectivity index (χ2n) is 6.65. The van der Waals surface area contributed by atoms with Gasteiger partial charge in [0, 0.05) is 12.0 Å². The number of carbonyl (C=O) groups is 2. The Balaban J connectivity index is 1.82. The van der Waals surface area contributed by atoms with Gasteiger partial charge in [0.2, 0.25) is 0 Å². The van der Waals surface area contributed by atoms with Crippen molar-refractivity contribution in [2.24, 2.45) is 0 Å². The lowest BCUT2D eigenvalue weighted by Crippen LogP contribution is -3.10. The Morgan fingerprint density at radius 3 is 2.96 bits per heavy atom. The lowest BCUT2D eigenvalue weighted by Gasteiger charge is -2.32. The molecular formula is C19H26N3O3+. The Hall–Kier alpha value is -2.34. The van der Waals surface area contributed by atoms with Gasteiger partial charge in [0.1, 0.15) is 12.6 Å². The van der Waals surface area contributed by atoms with Crippen LogP contribution < -0.4 is 15.5 Å². The van der Waals surface area contributed by atoms with Crippen LogP contribution in [0.5, 0.6) is 0 Å².